The molecule has 12 heteroatoms. The van der Waals surface area contributed by atoms with Gasteiger partial charge in [0, 0.05) is 35.1 Å². The monoisotopic (exact) mass is 723 g/mol. The summed E-state index contributed by atoms with van der Waals surface area (Å²) < 4.78 is 40.5. The van der Waals surface area contributed by atoms with Crippen molar-refractivity contribution in [2.45, 2.75) is 55.6 Å². The third kappa shape index (κ3) is 8.86. The van der Waals surface area contributed by atoms with Crippen molar-refractivity contribution in [3.63, 3.8) is 0 Å². The van der Waals surface area contributed by atoms with E-state index < -0.39 is 28.5 Å². The topological polar surface area (TPSA) is 105 Å². The van der Waals surface area contributed by atoms with E-state index in [0.717, 1.165) is 35.6 Å². The van der Waals surface area contributed by atoms with Gasteiger partial charge in [-0.25, -0.2) is 8.42 Å². The van der Waals surface area contributed by atoms with Gasteiger partial charge in [0.25, 0.3) is 10.0 Å². The summed E-state index contributed by atoms with van der Waals surface area (Å²) in [5, 5.41) is 3.98. The number of amides is 2. The molecule has 1 fully saturated rings. The van der Waals surface area contributed by atoms with Crippen LogP contribution in [0, 0.1) is 0 Å². The van der Waals surface area contributed by atoms with Gasteiger partial charge in [0.1, 0.15) is 12.6 Å². The fourth-order valence-corrected chi connectivity index (χ4v) is 7.72. The van der Waals surface area contributed by atoms with Crippen LogP contribution in [0.4, 0.5) is 5.69 Å². The molecule has 0 aliphatic heterocycles. The number of nitrogens with zero attached hydrogens (tertiary/aromatic N) is 2. The summed E-state index contributed by atoms with van der Waals surface area (Å²) in [6, 6.07) is 25.9. The molecule has 258 valence electrons. The average Bonchev–Trinajstić information content (AvgIpc) is 3.63. The van der Waals surface area contributed by atoms with Crippen molar-refractivity contribution in [2.75, 3.05) is 25.1 Å². The van der Waals surface area contributed by atoms with E-state index in [9.17, 15) is 18.0 Å². The van der Waals surface area contributed by atoms with Gasteiger partial charge in [0.05, 0.1) is 24.8 Å². The van der Waals surface area contributed by atoms with E-state index in [1.807, 2.05) is 30.3 Å². The lowest BCUT2D eigenvalue weighted by molar-refractivity contribution is -0.140. The molecule has 9 nitrogen and oxygen atoms in total. The Balaban J connectivity index is 1.59. The number of sulfonamides is 1. The maximum atomic E-state index is 14.7. The van der Waals surface area contributed by atoms with Crippen molar-refractivity contribution in [2.24, 2.45) is 0 Å². The normalized spacial score (nSPS) is 13.8. The summed E-state index contributed by atoms with van der Waals surface area (Å²) in [7, 11) is -1.52. The third-order valence-electron chi connectivity index (χ3n) is 8.61. The predicted molar refractivity (Wildman–Crippen MR) is 192 cm³/mol. The molecule has 1 aliphatic carbocycles. The molecule has 1 saturated carbocycles. The maximum absolute atomic E-state index is 14.7. The molecule has 5 rings (SSSR count). The van der Waals surface area contributed by atoms with Gasteiger partial charge in [-0.2, -0.15) is 0 Å². The molecule has 0 bridgehead atoms. The molecule has 0 heterocycles. The maximum Gasteiger partial charge on any atom is 0.264 e. The van der Waals surface area contributed by atoms with Crippen LogP contribution in [0.15, 0.2) is 102 Å². The smallest absolute Gasteiger partial charge is 0.264 e. The Morgan fingerprint density at radius 3 is 2.16 bits per heavy atom. The molecule has 0 radical (unpaired) electrons. The van der Waals surface area contributed by atoms with Crippen molar-refractivity contribution in [1.29, 1.82) is 0 Å². The van der Waals surface area contributed by atoms with Crippen molar-refractivity contribution in [3.8, 4) is 11.5 Å². The van der Waals surface area contributed by atoms with Crippen molar-refractivity contribution in [1.82, 2.24) is 10.2 Å². The Morgan fingerprint density at radius 2 is 1.51 bits per heavy atom. The van der Waals surface area contributed by atoms with Gasteiger partial charge < -0.3 is 19.7 Å². The minimum atomic E-state index is -4.38. The van der Waals surface area contributed by atoms with Gasteiger partial charge >= 0.3 is 0 Å². The first kappa shape index (κ1) is 36.0. The van der Waals surface area contributed by atoms with Crippen LogP contribution in [0.2, 0.25) is 10.0 Å². The molecule has 2 amide bonds. The largest absolute Gasteiger partial charge is 0.493 e. The highest BCUT2D eigenvalue weighted by Crippen LogP contribution is 2.33. The molecule has 1 atom stereocenters. The van der Waals surface area contributed by atoms with E-state index in [0.29, 0.717) is 21.4 Å². The Labute approximate surface area is 297 Å². The van der Waals surface area contributed by atoms with Crippen LogP contribution < -0.4 is 19.1 Å². The second-order valence-corrected chi connectivity index (χ2v) is 14.5. The van der Waals surface area contributed by atoms with E-state index in [4.69, 9.17) is 32.7 Å². The lowest BCUT2D eigenvalue weighted by Gasteiger charge is -2.34. The Morgan fingerprint density at radius 1 is 0.857 bits per heavy atom. The summed E-state index contributed by atoms with van der Waals surface area (Å²) in [5.41, 5.74) is 1.67. The number of ether oxygens (including phenoxy) is 2. The van der Waals surface area contributed by atoms with Gasteiger partial charge in [-0.15, -0.1) is 0 Å². The second-order valence-electron chi connectivity index (χ2n) is 11.8. The Kier molecular flexibility index (Phi) is 12.1. The molecule has 0 saturated heterocycles. The summed E-state index contributed by atoms with van der Waals surface area (Å²) in [6.07, 6.45) is 3.95. The summed E-state index contributed by atoms with van der Waals surface area (Å²) in [6.45, 7) is -0.649. The van der Waals surface area contributed by atoms with Crippen LogP contribution in [-0.4, -0.2) is 58.0 Å². The lowest BCUT2D eigenvalue weighted by atomic mass is 10.0. The molecule has 4 aromatic rings. The fourth-order valence-electron chi connectivity index (χ4n) is 5.97. The van der Waals surface area contributed by atoms with Crippen molar-refractivity contribution >= 4 is 50.7 Å². The zero-order chi connectivity index (χ0) is 35.0. The second kappa shape index (κ2) is 16.4. The van der Waals surface area contributed by atoms with Gasteiger partial charge in [-0.05, 0) is 66.4 Å². The number of nitrogens with one attached hydrogen (secondary N) is 1. The molecule has 1 N–H and O–H groups in total. The fraction of sp³-hybridized carbons (Fsp3) is 0.297. The number of carbonyl (C=O) groups excluding carboxylic acids is 2. The quantitative estimate of drug-likeness (QED) is 0.152. The molecule has 0 spiro atoms. The molecule has 49 heavy (non-hydrogen) atoms. The molecule has 4 aromatic carbocycles. The molecule has 1 aliphatic rings. The number of carbonyl (C=O) groups is 2. The molecule has 0 unspecified atom stereocenters. The first-order chi connectivity index (χ1) is 23.6. The first-order valence-corrected chi connectivity index (χ1v) is 18.2. The Bertz CT molecular complexity index is 1850. The minimum Gasteiger partial charge on any atom is -0.493 e. The number of hydrogen-bond acceptors (Lipinski definition) is 6. The highest BCUT2D eigenvalue weighted by atomic mass is 35.5. The van der Waals surface area contributed by atoms with Gasteiger partial charge in [0.2, 0.25) is 11.8 Å². The number of rotatable bonds is 14. The highest BCUT2D eigenvalue weighted by Gasteiger charge is 2.36. The highest BCUT2D eigenvalue weighted by molar-refractivity contribution is 7.92. The number of methoxy groups -OCH3 is 2. The zero-order valence-electron chi connectivity index (χ0n) is 27.4. The van der Waals surface area contributed by atoms with Gasteiger partial charge in [0.15, 0.2) is 11.5 Å². The van der Waals surface area contributed by atoms with Crippen LogP contribution in [0.3, 0.4) is 0 Å². The summed E-state index contributed by atoms with van der Waals surface area (Å²) in [5.74, 6) is -0.352. The number of benzene rings is 4. The number of halogens is 2. The van der Waals surface area contributed by atoms with Crippen LogP contribution >= 0.6 is 23.2 Å². The van der Waals surface area contributed by atoms with Crippen LogP contribution in [0.25, 0.3) is 0 Å². The number of anilines is 1. The standard InChI is InChI=1S/C37H39Cl2N3O6S/c1-47-34-21-20-31(23-35(34)48-2)49(45,46)42(30-18-16-28(38)17-19-30)25-36(43)41(24-27-12-6-9-15-32(27)39)33(22-26-10-4-3-5-11-26)37(44)40-29-13-7-8-14-29/h3-6,9-12,15-21,23,29,33H,7-8,13-14,22,24-25H2,1-2H3,(H,40,44)/t33-/m0/s1. The van der Waals surface area contributed by atoms with Crippen LogP contribution in [-0.2, 0) is 32.6 Å². The van der Waals surface area contributed by atoms with E-state index in [1.54, 1.807) is 36.4 Å². The molecular formula is C37H39Cl2N3O6S. The van der Waals surface area contributed by atoms with E-state index in [-0.39, 0.29) is 41.2 Å². The van der Waals surface area contributed by atoms with E-state index in [2.05, 4.69) is 5.32 Å². The minimum absolute atomic E-state index is 0.000894. The number of hydrogen-bond donors (Lipinski definition) is 1. The molecule has 0 aromatic heterocycles. The van der Waals surface area contributed by atoms with Crippen LogP contribution in [0.5, 0.6) is 11.5 Å². The van der Waals surface area contributed by atoms with Gasteiger partial charge in [-0.1, -0.05) is 84.6 Å². The average molecular weight is 725 g/mol. The SMILES string of the molecule is COc1ccc(S(=O)(=O)N(CC(=O)N(Cc2ccccc2Cl)[C@@H](Cc2ccccc2)C(=O)NC2CCCC2)c2ccc(Cl)cc2)cc1OC. The van der Waals surface area contributed by atoms with Crippen molar-refractivity contribution < 1.29 is 27.5 Å². The lowest BCUT2D eigenvalue weighted by Crippen LogP contribution is -2.54. The van der Waals surface area contributed by atoms with Crippen LogP contribution in [0.1, 0.15) is 36.8 Å². The first-order valence-electron chi connectivity index (χ1n) is 16.0. The zero-order valence-corrected chi connectivity index (χ0v) is 29.7. The summed E-state index contributed by atoms with van der Waals surface area (Å²) in [4.78, 5) is 30.2. The third-order valence-corrected chi connectivity index (χ3v) is 11.0. The molecular weight excluding hydrogens is 685 g/mol. The van der Waals surface area contributed by atoms with E-state index in [1.165, 1.54) is 49.5 Å². The Hall–Kier alpha value is -4.25. The summed E-state index contributed by atoms with van der Waals surface area (Å²) >= 11 is 12.8. The predicted octanol–water partition coefficient (Wildman–Crippen LogP) is 6.90. The van der Waals surface area contributed by atoms with Crippen molar-refractivity contribution in [3.05, 3.63) is 118 Å². The van der Waals surface area contributed by atoms with Gasteiger partial charge in [-0.3, -0.25) is 13.9 Å². The van der Waals surface area contributed by atoms with E-state index >= 15 is 0 Å².